The summed E-state index contributed by atoms with van der Waals surface area (Å²) in [5.74, 6) is -0.0128. The Morgan fingerprint density at radius 2 is 1.83 bits per heavy atom. The number of benzene rings is 2. The van der Waals surface area contributed by atoms with Crippen LogP contribution in [0.25, 0.3) is 6.08 Å². The molecule has 0 unspecified atom stereocenters. The van der Waals surface area contributed by atoms with E-state index in [4.69, 9.17) is 0 Å². The number of aromatic hydroxyl groups is 2. The standard InChI is InChI=1S/C20H20O4/c1-13(2)20(24)12-16-11-15(6-10-19(16)23)18(22)9-5-14-3-7-17(21)8-4-14/h3-11,20-21,23-24H,1,12H2,2H3/b9-5+/t20-/m0/s1. The number of ketones is 1. The molecule has 4 heteroatoms. The van der Waals surface area contributed by atoms with E-state index in [0.717, 1.165) is 5.56 Å². The molecule has 0 bridgehead atoms. The summed E-state index contributed by atoms with van der Waals surface area (Å²) in [6.07, 6.45) is 2.51. The number of aliphatic hydroxyl groups excluding tert-OH is 1. The van der Waals surface area contributed by atoms with Crippen molar-refractivity contribution in [2.24, 2.45) is 0 Å². The van der Waals surface area contributed by atoms with E-state index in [1.807, 2.05) is 0 Å². The molecule has 0 aliphatic rings. The highest BCUT2D eigenvalue weighted by Gasteiger charge is 2.12. The third-order valence-electron chi connectivity index (χ3n) is 3.67. The maximum Gasteiger partial charge on any atom is 0.185 e. The molecule has 124 valence electrons. The van der Waals surface area contributed by atoms with Gasteiger partial charge in [0.05, 0.1) is 6.10 Å². The quantitative estimate of drug-likeness (QED) is 0.432. The number of phenols is 2. The third-order valence-corrected chi connectivity index (χ3v) is 3.67. The number of carbonyl (C=O) groups excluding carboxylic acids is 1. The number of allylic oxidation sites excluding steroid dienone is 1. The van der Waals surface area contributed by atoms with E-state index in [1.165, 1.54) is 18.2 Å². The fourth-order valence-electron chi connectivity index (χ4n) is 2.14. The molecule has 0 aliphatic heterocycles. The lowest BCUT2D eigenvalue weighted by molar-refractivity contribution is 0.104. The number of hydrogen-bond donors (Lipinski definition) is 3. The molecule has 2 aromatic rings. The second-order valence-electron chi connectivity index (χ2n) is 5.70. The van der Waals surface area contributed by atoms with E-state index in [1.54, 1.807) is 43.3 Å². The van der Waals surface area contributed by atoms with Crippen molar-refractivity contribution in [1.82, 2.24) is 0 Å². The van der Waals surface area contributed by atoms with Crippen LogP contribution in [-0.2, 0) is 6.42 Å². The van der Waals surface area contributed by atoms with Crippen molar-refractivity contribution in [3.05, 3.63) is 77.4 Å². The van der Waals surface area contributed by atoms with Crippen molar-refractivity contribution in [2.75, 3.05) is 0 Å². The van der Waals surface area contributed by atoms with Gasteiger partial charge < -0.3 is 15.3 Å². The maximum absolute atomic E-state index is 12.3. The highest BCUT2D eigenvalue weighted by molar-refractivity contribution is 6.07. The van der Waals surface area contributed by atoms with Crippen molar-refractivity contribution in [3.8, 4) is 11.5 Å². The Labute approximate surface area is 141 Å². The second kappa shape index (κ2) is 7.62. The molecule has 0 spiro atoms. The van der Waals surface area contributed by atoms with Crippen LogP contribution in [0.2, 0.25) is 0 Å². The number of phenolic OH excluding ortho intramolecular Hbond substituents is 2. The molecule has 3 N–H and O–H groups in total. The minimum atomic E-state index is -0.770. The summed E-state index contributed by atoms with van der Waals surface area (Å²) >= 11 is 0. The van der Waals surface area contributed by atoms with Crippen LogP contribution in [0.15, 0.2) is 60.7 Å². The van der Waals surface area contributed by atoms with Crippen LogP contribution >= 0.6 is 0 Å². The first kappa shape index (κ1) is 17.5. The van der Waals surface area contributed by atoms with Gasteiger partial charge in [0.15, 0.2) is 5.78 Å². The Morgan fingerprint density at radius 1 is 1.17 bits per heavy atom. The molecule has 0 fully saturated rings. The van der Waals surface area contributed by atoms with E-state index in [2.05, 4.69) is 6.58 Å². The van der Waals surface area contributed by atoms with Gasteiger partial charge in [-0.3, -0.25) is 4.79 Å². The summed E-state index contributed by atoms with van der Waals surface area (Å²) in [6.45, 7) is 5.39. The van der Waals surface area contributed by atoms with Crippen LogP contribution in [0.3, 0.4) is 0 Å². The molecule has 0 aliphatic carbocycles. The Hall–Kier alpha value is -2.85. The average molecular weight is 324 g/mol. The molecule has 4 nitrogen and oxygen atoms in total. The fourth-order valence-corrected chi connectivity index (χ4v) is 2.14. The molecule has 0 saturated carbocycles. The fraction of sp³-hybridized carbons (Fsp3) is 0.150. The monoisotopic (exact) mass is 324 g/mol. The molecule has 2 aromatic carbocycles. The Balaban J connectivity index is 2.17. The first-order valence-corrected chi connectivity index (χ1v) is 7.53. The van der Waals surface area contributed by atoms with E-state index >= 15 is 0 Å². The lowest BCUT2D eigenvalue weighted by atomic mass is 9.99. The molecule has 0 saturated heterocycles. The predicted octanol–water partition coefficient (Wildman–Crippen LogP) is 3.47. The van der Waals surface area contributed by atoms with Crippen LogP contribution in [0.5, 0.6) is 11.5 Å². The first-order valence-electron chi connectivity index (χ1n) is 7.53. The largest absolute Gasteiger partial charge is 0.508 e. The predicted molar refractivity (Wildman–Crippen MR) is 94.1 cm³/mol. The minimum absolute atomic E-state index is 0.0364. The molecule has 24 heavy (non-hydrogen) atoms. The normalized spacial score (nSPS) is 12.2. The van der Waals surface area contributed by atoms with E-state index in [0.29, 0.717) is 16.7 Å². The Bertz CT molecular complexity index is 773. The summed E-state index contributed by atoms with van der Waals surface area (Å²) in [7, 11) is 0. The highest BCUT2D eigenvalue weighted by Crippen LogP contribution is 2.22. The van der Waals surface area contributed by atoms with Gasteiger partial charge in [0.2, 0.25) is 0 Å². The van der Waals surface area contributed by atoms with Gasteiger partial charge in [0.1, 0.15) is 11.5 Å². The zero-order valence-electron chi connectivity index (χ0n) is 13.4. The average Bonchev–Trinajstić information content (AvgIpc) is 2.55. The van der Waals surface area contributed by atoms with Crippen molar-refractivity contribution in [1.29, 1.82) is 0 Å². The highest BCUT2D eigenvalue weighted by atomic mass is 16.3. The Morgan fingerprint density at radius 3 is 2.46 bits per heavy atom. The molecule has 0 radical (unpaired) electrons. The molecule has 0 aromatic heterocycles. The minimum Gasteiger partial charge on any atom is -0.508 e. The topological polar surface area (TPSA) is 77.8 Å². The van der Waals surface area contributed by atoms with Gasteiger partial charge in [-0.05, 0) is 54.5 Å². The van der Waals surface area contributed by atoms with Crippen molar-refractivity contribution in [3.63, 3.8) is 0 Å². The number of rotatable bonds is 6. The second-order valence-corrected chi connectivity index (χ2v) is 5.70. The summed E-state index contributed by atoms with van der Waals surface area (Å²) < 4.78 is 0. The molecular weight excluding hydrogens is 304 g/mol. The van der Waals surface area contributed by atoms with Gasteiger partial charge in [-0.1, -0.05) is 30.4 Å². The van der Waals surface area contributed by atoms with E-state index in [9.17, 15) is 20.1 Å². The smallest absolute Gasteiger partial charge is 0.185 e. The van der Waals surface area contributed by atoms with Gasteiger partial charge in [-0.15, -0.1) is 0 Å². The number of hydrogen-bond acceptors (Lipinski definition) is 4. The lowest BCUT2D eigenvalue weighted by Crippen LogP contribution is -2.11. The molecular formula is C20H20O4. The SMILES string of the molecule is C=C(C)[C@@H](O)Cc1cc(C(=O)/C=C/c2ccc(O)cc2)ccc1O. The van der Waals surface area contributed by atoms with Gasteiger partial charge >= 0.3 is 0 Å². The lowest BCUT2D eigenvalue weighted by Gasteiger charge is -2.12. The first-order chi connectivity index (χ1) is 11.4. The van der Waals surface area contributed by atoms with Crippen molar-refractivity contribution >= 4 is 11.9 Å². The maximum atomic E-state index is 12.3. The summed E-state index contributed by atoms with van der Waals surface area (Å²) in [6, 6.07) is 11.0. The van der Waals surface area contributed by atoms with Crippen LogP contribution in [-0.4, -0.2) is 27.2 Å². The molecule has 1 atom stereocenters. The van der Waals surface area contributed by atoms with E-state index < -0.39 is 6.10 Å². The van der Waals surface area contributed by atoms with Gasteiger partial charge in [0.25, 0.3) is 0 Å². The van der Waals surface area contributed by atoms with Crippen LogP contribution in [0, 0.1) is 0 Å². The van der Waals surface area contributed by atoms with Crippen LogP contribution < -0.4 is 0 Å². The summed E-state index contributed by atoms with van der Waals surface area (Å²) in [5, 5.41) is 29.0. The van der Waals surface area contributed by atoms with Gasteiger partial charge in [-0.2, -0.15) is 0 Å². The summed E-state index contributed by atoms with van der Waals surface area (Å²) in [4.78, 5) is 12.3. The number of aliphatic hydroxyl groups is 1. The van der Waals surface area contributed by atoms with Crippen LogP contribution in [0.4, 0.5) is 0 Å². The van der Waals surface area contributed by atoms with Crippen molar-refractivity contribution in [2.45, 2.75) is 19.4 Å². The molecule has 0 heterocycles. The zero-order valence-corrected chi connectivity index (χ0v) is 13.4. The zero-order chi connectivity index (χ0) is 17.7. The number of carbonyl (C=O) groups is 1. The van der Waals surface area contributed by atoms with Gasteiger partial charge in [0, 0.05) is 12.0 Å². The molecule has 0 amide bonds. The van der Waals surface area contributed by atoms with Gasteiger partial charge in [-0.25, -0.2) is 0 Å². The summed E-state index contributed by atoms with van der Waals surface area (Å²) in [5.41, 5.74) is 2.30. The van der Waals surface area contributed by atoms with E-state index in [-0.39, 0.29) is 23.7 Å². The molecule has 2 rings (SSSR count). The van der Waals surface area contributed by atoms with Crippen molar-refractivity contribution < 1.29 is 20.1 Å². The Kier molecular flexibility index (Phi) is 5.55. The van der Waals surface area contributed by atoms with Crippen LogP contribution in [0.1, 0.15) is 28.4 Å². The third kappa shape index (κ3) is 4.57.